The summed E-state index contributed by atoms with van der Waals surface area (Å²) in [6, 6.07) is 9.68. The highest BCUT2D eigenvalue weighted by Gasteiger charge is 2.36. The molecule has 3 rings (SSSR count). The number of carbonyl (C=O) groups is 2. The maximum absolute atomic E-state index is 12.5. The highest BCUT2D eigenvalue weighted by Crippen LogP contribution is 2.34. The van der Waals surface area contributed by atoms with Gasteiger partial charge >= 0.3 is 0 Å². The third-order valence-corrected chi connectivity index (χ3v) is 5.18. The van der Waals surface area contributed by atoms with Gasteiger partial charge in [0.1, 0.15) is 0 Å². The van der Waals surface area contributed by atoms with Crippen LogP contribution in [0.25, 0.3) is 0 Å². The number of hydrogen-bond acceptors (Lipinski definition) is 2. The topological polar surface area (TPSA) is 49.4 Å². The molecule has 4 nitrogen and oxygen atoms in total. The summed E-state index contributed by atoms with van der Waals surface area (Å²) in [6.07, 6.45) is 0.0933. The van der Waals surface area contributed by atoms with E-state index in [1.807, 2.05) is 0 Å². The first-order chi connectivity index (χ1) is 11.8. The van der Waals surface area contributed by atoms with Crippen LogP contribution in [0.1, 0.15) is 6.42 Å². The zero-order valence-electron chi connectivity index (χ0n) is 12.7. The molecule has 0 spiro atoms. The Morgan fingerprint density at radius 3 is 2.44 bits per heavy atom. The molecule has 8 heteroatoms. The zero-order chi connectivity index (χ0) is 18.1. The van der Waals surface area contributed by atoms with Gasteiger partial charge in [0.15, 0.2) is 0 Å². The number of hydrogen-bond donors (Lipinski definition) is 1. The number of amides is 2. The van der Waals surface area contributed by atoms with Crippen molar-refractivity contribution < 1.29 is 9.59 Å². The lowest BCUT2D eigenvalue weighted by Crippen LogP contribution is -2.28. The van der Waals surface area contributed by atoms with E-state index < -0.39 is 5.92 Å². The smallest absolute Gasteiger partial charge is 0.229 e. The summed E-state index contributed by atoms with van der Waals surface area (Å²) in [7, 11) is 0. The Hall–Kier alpha value is -1.46. The quantitative estimate of drug-likeness (QED) is 0.737. The number of halogens is 4. The largest absolute Gasteiger partial charge is 0.326 e. The lowest BCUT2D eigenvalue weighted by Gasteiger charge is -2.18. The van der Waals surface area contributed by atoms with E-state index >= 15 is 0 Å². The van der Waals surface area contributed by atoms with Crippen LogP contribution in [0.2, 0.25) is 20.1 Å². The molecule has 25 heavy (non-hydrogen) atoms. The first-order valence-corrected chi connectivity index (χ1v) is 8.87. The van der Waals surface area contributed by atoms with Gasteiger partial charge in [0.2, 0.25) is 11.8 Å². The minimum absolute atomic E-state index is 0.0933. The van der Waals surface area contributed by atoms with Gasteiger partial charge in [-0.05, 0) is 36.4 Å². The molecule has 0 unspecified atom stereocenters. The minimum atomic E-state index is -0.503. The van der Waals surface area contributed by atoms with Crippen molar-refractivity contribution in [2.45, 2.75) is 6.42 Å². The molecule has 2 aromatic carbocycles. The summed E-state index contributed by atoms with van der Waals surface area (Å²) in [6.45, 7) is 0.228. The van der Waals surface area contributed by atoms with Gasteiger partial charge in [0.05, 0.1) is 26.7 Å². The van der Waals surface area contributed by atoms with Crippen molar-refractivity contribution in [3.8, 4) is 0 Å². The van der Waals surface area contributed by atoms with Crippen LogP contribution in [0.3, 0.4) is 0 Å². The third-order valence-electron chi connectivity index (χ3n) is 3.88. The molecule has 1 aliphatic rings. The highest BCUT2D eigenvalue weighted by atomic mass is 35.5. The van der Waals surface area contributed by atoms with E-state index in [-0.39, 0.29) is 24.8 Å². The molecule has 0 radical (unpaired) electrons. The molecule has 130 valence electrons. The molecule has 1 saturated heterocycles. The Morgan fingerprint density at radius 1 is 1.00 bits per heavy atom. The summed E-state index contributed by atoms with van der Waals surface area (Å²) in [5.74, 6) is -0.956. The van der Waals surface area contributed by atoms with Crippen LogP contribution in [0, 0.1) is 5.92 Å². The Morgan fingerprint density at radius 2 is 1.72 bits per heavy atom. The number of benzene rings is 2. The minimum Gasteiger partial charge on any atom is -0.326 e. The van der Waals surface area contributed by atoms with Crippen molar-refractivity contribution in [3.05, 3.63) is 56.5 Å². The average Bonchev–Trinajstić information content (AvgIpc) is 2.95. The van der Waals surface area contributed by atoms with Crippen molar-refractivity contribution in [1.29, 1.82) is 0 Å². The number of rotatable bonds is 3. The summed E-state index contributed by atoms with van der Waals surface area (Å²) in [4.78, 5) is 26.2. The molecule has 0 saturated carbocycles. The number of nitrogens with zero attached hydrogens (tertiary/aromatic N) is 1. The van der Waals surface area contributed by atoms with E-state index in [2.05, 4.69) is 5.32 Å². The molecule has 2 amide bonds. The van der Waals surface area contributed by atoms with E-state index in [0.717, 1.165) is 0 Å². The Balaban J connectivity index is 1.74. The van der Waals surface area contributed by atoms with Crippen LogP contribution >= 0.6 is 46.4 Å². The number of nitrogens with one attached hydrogen (secondary N) is 1. The standard InChI is InChI=1S/C17H12Cl4N2O2/c18-10-1-3-13(20)15(6-10)23-8-9(5-16(23)24)17(25)22-11-2-4-12(19)14(21)7-11/h1-4,6-7,9H,5,8H2,(H,22,25)/t9-/m0/s1. The van der Waals surface area contributed by atoms with Crippen LogP contribution in [-0.2, 0) is 9.59 Å². The fourth-order valence-corrected chi connectivity index (χ4v) is 3.31. The van der Waals surface area contributed by atoms with Gasteiger partial charge in [0, 0.05) is 23.7 Å². The van der Waals surface area contributed by atoms with Gasteiger partial charge < -0.3 is 10.2 Å². The van der Waals surface area contributed by atoms with E-state index in [0.29, 0.717) is 31.5 Å². The molecule has 1 heterocycles. The number of anilines is 2. The zero-order valence-corrected chi connectivity index (χ0v) is 15.8. The summed E-state index contributed by atoms with van der Waals surface area (Å²) in [5.41, 5.74) is 1.02. The third kappa shape index (κ3) is 4.04. The van der Waals surface area contributed by atoms with Gasteiger partial charge in [-0.15, -0.1) is 0 Å². The first-order valence-electron chi connectivity index (χ1n) is 7.36. The van der Waals surface area contributed by atoms with Crippen LogP contribution in [0.5, 0.6) is 0 Å². The predicted octanol–water partition coefficient (Wildman–Crippen LogP) is 5.29. The summed E-state index contributed by atoms with van der Waals surface area (Å²) in [5, 5.41) is 4.37. The molecule has 1 aliphatic heterocycles. The van der Waals surface area contributed by atoms with Gasteiger partial charge in [0.25, 0.3) is 0 Å². The van der Waals surface area contributed by atoms with E-state index in [1.54, 1.807) is 36.4 Å². The summed E-state index contributed by atoms with van der Waals surface area (Å²) < 4.78 is 0. The van der Waals surface area contributed by atoms with Crippen molar-refractivity contribution in [1.82, 2.24) is 0 Å². The molecule has 0 bridgehead atoms. The average molecular weight is 418 g/mol. The fourth-order valence-electron chi connectivity index (χ4n) is 2.63. The van der Waals surface area contributed by atoms with Crippen molar-refractivity contribution >= 4 is 69.6 Å². The molecule has 2 aromatic rings. The Kier molecular flexibility index (Phi) is 5.44. The van der Waals surface area contributed by atoms with Gasteiger partial charge in [-0.3, -0.25) is 9.59 Å². The van der Waals surface area contributed by atoms with Crippen LogP contribution < -0.4 is 10.2 Å². The van der Waals surface area contributed by atoms with Gasteiger partial charge in [-0.2, -0.15) is 0 Å². The van der Waals surface area contributed by atoms with E-state index in [9.17, 15) is 9.59 Å². The van der Waals surface area contributed by atoms with E-state index in [1.165, 1.54) is 4.90 Å². The molecule has 1 atom stereocenters. The van der Waals surface area contributed by atoms with Crippen molar-refractivity contribution in [2.75, 3.05) is 16.8 Å². The molecule has 0 aliphatic carbocycles. The second-order valence-electron chi connectivity index (χ2n) is 5.62. The lowest BCUT2D eigenvalue weighted by atomic mass is 10.1. The summed E-state index contributed by atoms with van der Waals surface area (Å²) >= 11 is 23.9. The lowest BCUT2D eigenvalue weighted by molar-refractivity contribution is -0.122. The molecule has 0 aromatic heterocycles. The van der Waals surface area contributed by atoms with Crippen LogP contribution in [0.15, 0.2) is 36.4 Å². The van der Waals surface area contributed by atoms with Crippen LogP contribution in [-0.4, -0.2) is 18.4 Å². The Bertz CT molecular complexity index is 857. The van der Waals surface area contributed by atoms with Crippen molar-refractivity contribution in [3.63, 3.8) is 0 Å². The molecular formula is C17H12Cl4N2O2. The fraction of sp³-hybridized carbons (Fsp3) is 0.176. The monoisotopic (exact) mass is 416 g/mol. The first kappa shape index (κ1) is 18.3. The normalized spacial score (nSPS) is 17.0. The second kappa shape index (κ2) is 7.42. The maximum Gasteiger partial charge on any atom is 0.229 e. The van der Waals surface area contributed by atoms with Crippen LogP contribution in [0.4, 0.5) is 11.4 Å². The molecule has 1 fully saturated rings. The van der Waals surface area contributed by atoms with Gasteiger partial charge in [-0.1, -0.05) is 46.4 Å². The predicted molar refractivity (Wildman–Crippen MR) is 102 cm³/mol. The van der Waals surface area contributed by atoms with Gasteiger partial charge in [-0.25, -0.2) is 0 Å². The second-order valence-corrected chi connectivity index (χ2v) is 7.28. The van der Waals surface area contributed by atoms with E-state index in [4.69, 9.17) is 46.4 Å². The SMILES string of the molecule is O=C(Nc1ccc(Cl)c(Cl)c1)[C@H]1CC(=O)N(c2cc(Cl)ccc2Cl)C1. The van der Waals surface area contributed by atoms with Crippen molar-refractivity contribution in [2.24, 2.45) is 5.92 Å². The Labute approximate surface area is 164 Å². The maximum atomic E-state index is 12.5. The number of carbonyl (C=O) groups excluding carboxylic acids is 2. The molecule has 1 N–H and O–H groups in total. The molecular weight excluding hydrogens is 406 g/mol. The highest BCUT2D eigenvalue weighted by molar-refractivity contribution is 6.42.